The van der Waals surface area contributed by atoms with Crippen molar-refractivity contribution in [3.63, 3.8) is 0 Å². The van der Waals surface area contributed by atoms with Crippen LogP contribution in [0.2, 0.25) is 5.02 Å². The molecule has 1 amide bonds. The minimum Gasteiger partial charge on any atom is -0.345 e. The van der Waals surface area contributed by atoms with Crippen molar-refractivity contribution < 1.29 is 9.72 Å². The summed E-state index contributed by atoms with van der Waals surface area (Å²) in [6, 6.07) is 11.1. The van der Waals surface area contributed by atoms with Crippen molar-refractivity contribution in [2.45, 2.75) is 13.0 Å². The molecule has 0 heterocycles. The Bertz CT molecular complexity index is 736. The first-order chi connectivity index (χ1) is 10.4. The lowest BCUT2D eigenvalue weighted by Crippen LogP contribution is -2.27. The topological polar surface area (TPSA) is 72.2 Å². The second-order valence-corrected chi connectivity index (χ2v) is 5.93. The summed E-state index contributed by atoms with van der Waals surface area (Å²) in [7, 11) is 0. The monoisotopic (exact) mass is 382 g/mol. The highest BCUT2D eigenvalue weighted by Gasteiger charge is 2.22. The van der Waals surface area contributed by atoms with Gasteiger partial charge in [-0.3, -0.25) is 14.9 Å². The van der Waals surface area contributed by atoms with E-state index < -0.39 is 10.8 Å². The van der Waals surface area contributed by atoms with E-state index in [2.05, 4.69) is 21.2 Å². The Balaban J connectivity index is 2.26. The standard InChI is InChI=1S/C15H12BrClN2O3/c1-9(11-4-2-3-5-13(11)16)18-15(20)12-7-6-10(17)8-14(12)19(21)22/h2-9H,1H3,(H,18,20)/t9-/m0/s1. The van der Waals surface area contributed by atoms with Gasteiger partial charge in [0.15, 0.2) is 0 Å². The maximum Gasteiger partial charge on any atom is 0.283 e. The number of nitrogens with zero attached hydrogens (tertiary/aromatic N) is 1. The van der Waals surface area contributed by atoms with Gasteiger partial charge in [-0.25, -0.2) is 0 Å². The zero-order valence-electron chi connectivity index (χ0n) is 11.5. The molecule has 0 unspecified atom stereocenters. The molecule has 1 atom stereocenters. The maximum atomic E-state index is 12.3. The van der Waals surface area contributed by atoms with Gasteiger partial charge < -0.3 is 5.32 Å². The Hall–Kier alpha value is -1.92. The van der Waals surface area contributed by atoms with Crippen molar-refractivity contribution in [1.29, 1.82) is 0 Å². The van der Waals surface area contributed by atoms with Crippen molar-refractivity contribution in [3.8, 4) is 0 Å². The summed E-state index contributed by atoms with van der Waals surface area (Å²) in [5.74, 6) is -0.522. The molecule has 1 N–H and O–H groups in total. The van der Waals surface area contributed by atoms with Crippen molar-refractivity contribution >= 4 is 39.1 Å². The van der Waals surface area contributed by atoms with Crippen molar-refractivity contribution in [3.05, 3.63) is 73.2 Å². The van der Waals surface area contributed by atoms with E-state index in [1.165, 1.54) is 18.2 Å². The van der Waals surface area contributed by atoms with Gasteiger partial charge in [-0.05, 0) is 30.7 Å². The lowest BCUT2D eigenvalue weighted by Gasteiger charge is -2.16. The second-order valence-electron chi connectivity index (χ2n) is 4.64. The molecule has 2 aromatic rings. The van der Waals surface area contributed by atoms with Gasteiger partial charge in [-0.2, -0.15) is 0 Å². The van der Waals surface area contributed by atoms with E-state index in [1.807, 2.05) is 24.3 Å². The van der Waals surface area contributed by atoms with Crippen LogP contribution >= 0.6 is 27.5 Å². The van der Waals surface area contributed by atoms with Gasteiger partial charge in [-0.1, -0.05) is 45.7 Å². The average molecular weight is 384 g/mol. The molecule has 0 fully saturated rings. The fraction of sp³-hybridized carbons (Fsp3) is 0.133. The molecule has 2 aromatic carbocycles. The molecular formula is C15H12BrClN2O3. The summed E-state index contributed by atoms with van der Waals surface area (Å²) < 4.78 is 0.855. The van der Waals surface area contributed by atoms with Gasteiger partial charge >= 0.3 is 0 Å². The van der Waals surface area contributed by atoms with Crippen LogP contribution in [0.1, 0.15) is 28.9 Å². The highest BCUT2D eigenvalue weighted by molar-refractivity contribution is 9.10. The number of nitro groups is 1. The van der Waals surface area contributed by atoms with E-state index >= 15 is 0 Å². The van der Waals surface area contributed by atoms with E-state index in [-0.39, 0.29) is 22.3 Å². The molecule has 7 heteroatoms. The van der Waals surface area contributed by atoms with Gasteiger partial charge in [0.2, 0.25) is 0 Å². The normalized spacial score (nSPS) is 11.8. The largest absolute Gasteiger partial charge is 0.345 e. The van der Waals surface area contributed by atoms with Crippen LogP contribution in [-0.2, 0) is 0 Å². The van der Waals surface area contributed by atoms with E-state index in [4.69, 9.17) is 11.6 Å². The van der Waals surface area contributed by atoms with Crippen LogP contribution in [0, 0.1) is 10.1 Å². The number of hydrogen-bond donors (Lipinski definition) is 1. The molecule has 0 saturated carbocycles. The van der Waals surface area contributed by atoms with E-state index in [9.17, 15) is 14.9 Å². The summed E-state index contributed by atoms with van der Waals surface area (Å²) in [4.78, 5) is 22.7. The van der Waals surface area contributed by atoms with Crippen LogP contribution in [0.5, 0.6) is 0 Å². The molecule has 0 aliphatic carbocycles. The smallest absolute Gasteiger partial charge is 0.283 e. The second kappa shape index (κ2) is 6.89. The predicted molar refractivity (Wildman–Crippen MR) is 88.1 cm³/mol. The Morgan fingerprint density at radius 1 is 1.32 bits per heavy atom. The molecule has 0 aromatic heterocycles. The summed E-state index contributed by atoms with van der Waals surface area (Å²) in [6.45, 7) is 1.81. The highest BCUT2D eigenvalue weighted by Crippen LogP contribution is 2.26. The van der Waals surface area contributed by atoms with Crippen LogP contribution in [0.15, 0.2) is 46.9 Å². The molecule has 22 heavy (non-hydrogen) atoms. The first-order valence-electron chi connectivity index (χ1n) is 6.39. The Morgan fingerprint density at radius 2 is 2.00 bits per heavy atom. The van der Waals surface area contributed by atoms with Gasteiger partial charge in [0, 0.05) is 15.6 Å². The number of hydrogen-bond acceptors (Lipinski definition) is 3. The number of nitrogens with one attached hydrogen (secondary N) is 1. The number of halogens is 2. The third-order valence-electron chi connectivity index (χ3n) is 3.12. The number of carbonyl (C=O) groups excluding carboxylic acids is 1. The van der Waals surface area contributed by atoms with Crippen LogP contribution in [0.3, 0.4) is 0 Å². The summed E-state index contributed by atoms with van der Waals surface area (Å²) >= 11 is 9.16. The first-order valence-corrected chi connectivity index (χ1v) is 7.56. The van der Waals surface area contributed by atoms with E-state index in [0.717, 1.165) is 10.0 Å². The lowest BCUT2D eigenvalue weighted by molar-refractivity contribution is -0.385. The Labute approximate surface area is 140 Å². The average Bonchev–Trinajstić information content (AvgIpc) is 2.47. The molecule has 0 saturated heterocycles. The number of carbonyl (C=O) groups is 1. The fourth-order valence-corrected chi connectivity index (χ4v) is 2.82. The van der Waals surface area contributed by atoms with E-state index in [0.29, 0.717) is 0 Å². The molecule has 0 radical (unpaired) electrons. The minimum absolute atomic E-state index is 0.0201. The van der Waals surface area contributed by atoms with Crippen LogP contribution < -0.4 is 5.32 Å². The Kier molecular flexibility index (Phi) is 5.15. The van der Waals surface area contributed by atoms with Crippen LogP contribution in [0.4, 0.5) is 5.69 Å². The minimum atomic E-state index is -0.621. The van der Waals surface area contributed by atoms with E-state index in [1.54, 1.807) is 6.92 Å². The quantitative estimate of drug-likeness (QED) is 0.624. The van der Waals surface area contributed by atoms with Crippen molar-refractivity contribution in [2.24, 2.45) is 0 Å². The van der Waals surface area contributed by atoms with Gasteiger partial charge in [0.1, 0.15) is 5.56 Å². The molecule has 2 rings (SSSR count). The lowest BCUT2D eigenvalue weighted by atomic mass is 10.1. The predicted octanol–water partition coefficient (Wildman–Crippen LogP) is 4.50. The van der Waals surface area contributed by atoms with Crippen molar-refractivity contribution in [1.82, 2.24) is 5.32 Å². The van der Waals surface area contributed by atoms with Gasteiger partial charge in [0.05, 0.1) is 11.0 Å². The first kappa shape index (κ1) is 16.5. The van der Waals surface area contributed by atoms with Crippen molar-refractivity contribution in [2.75, 3.05) is 0 Å². The van der Waals surface area contributed by atoms with Crippen LogP contribution in [-0.4, -0.2) is 10.8 Å². The van der Waals surface area contributed by atoms with Gasteiger partial charge in [0.25, 0.3) is 11.6 Å². The van der Waals surface area contributed by atoms with Crippen LogP contribution in [0.25, 0.3) is 0 Å². The number of amides is 1. The molecule has 0 aliphatic rings. The molecule has 5 nitrogen and oxygen atoms in total. The summed E-state index contributed by atoms with van der Waals surface area (Å²) in [5, 5.41) is 14.0. The Morgan fingerprint density at radius 3 is 2.64 bits per heavy atom. The third kappa shape index (κ3) is 3.64. The molecule has 0 bridgehead atoms. The molecular weight excluding hydrogens is 372 g/mol. The zero-order chi connectivity index (χ0) is 16.3. The molecule has 0 aliphatic heterocycles. The number of benzene rings is 2. The summed E-state index contributed by atoms with van der Waals surface area (Å²) in [6.07, 6.45) is 0. The maximum absolute atomic E-state index is 12.3. The third-order valence-corrected chi connectivity index (χ3v) is 4.08. The highest BCUT2D eigenvalue weighted by atomic mass is 79.9. The fourth-order valence-electron chi connectivity index (χ4n) is 2.03. The molecule has 0 spiro atoms. The number of nitro benzene ring substituents is 1. The SMILES string of the molecule is C[C@H](NC(=O)c1ccc(Cl)cc1[N+](=O)[O-])c1ccccc1Br. The van der Waals surface area contributed by atoms with Gasteiger partial charge in [-0.15, -0.1) is 0 Å². The zero-order valence-corrected chi connectivity index (χ0v) is 13.9. The summed E-state index contributed by atoms with van der Waals surface area (Å²) in [5.41, 5.74) is 0.546. The molecule has 114 valence electrons. The number of rotatable bonds is 4.